The van der Waals surface area contributed by atoms with Crippen LogP contribution in [0.4, 0.5) is 0 Å². The van der Waals surface area contributed by atoms with E-state index in [1.807, 2.05) is 24.3 Å². The topological polar surface area (TPSA) is 95.9 Å². The van der Waals surface area contributed by atoms with Crippen molar-refractivity contribution >= 4 is 17.8 Å². The number of ether oxygens (including phenoxy) is 1. The van der Waals surface area contributed by atoms with Gasteiger partial charge in [0.05, 0.1) is 25.1 Å². The zero-order valence-electron chi connectivity index (χ0n) is 17.9. The van der Waals surface area contributed by atoms with E-state index in [1.54, 1.807) is 17.1 Å². The average molecular weight is 429 g/mol. The van der Waals surface area contributed by atoms with Gasteiger partial charge in [-0.15, -0.1) is 13.2 Å². The lowest BCUT2D eigenvalue weighted by molar-refractivity contribution is -0.144. The van der Waals surface area contributed by atoms with E-state index in [0.717, 1.165) is 11.1 Å². The summed E-state index contributed by atoms with van der Waals surface area (Å²) in [7, 11) is 0. The number of fused-ring (bicyclic) bond motifs is 1. The number of amides is 2. The predicted octanol–water partition coefficient (Wildman–Crippen LogP) is 2.14. The molecule has 2 N–H and O–H groups in total. The quantitative estimate of drug-likeness (QED) is 0.302. The summed E-state index contributed by atoms with van der Waals surface area (Å²) in [5.74, 6) is -1.37. The van der Waals surface area contributed by atoms with Gasteiger partial charge in [0.15, 0.2) is 0 Å². The Morgan fingerprint density at radius 2 is 1.97 bits per heavy atom. The molecule has 2 amide bonds. The van der Waals surface area contributed by atoms with Gasteiger partial charge in [-0.05, 0) is 30.4 Å². The molecule has 0 aromatic heterocycles. The van der Waals surface area contributed by atoms with Crippen LogP contribution in [0.1, 0.15) is 36.8 Å². The Labute approximate surface area is 183 Å². The van der Waals surface area contributed by atoms with Crippen LogP contribution in [-0.4, -0.2) is 53.6 Å². The van der Waals surface area contributed by atoms with Gasteiger partial charge in [0.2, 0.25) is 11.8 Å². The highest BCUT2D eigenvalue weighted by atomic mass is 16.5. The summed E-state index contributed by atoms with van der Waals surface area (Å²) in [5, 5.41) is 12.5. The number of allylic oxidation sites excluding steroid dienone is 2. The molecule has 0 saturated carbocycles. The van der Waals surface area contributed by atoms with Gasteiger partial charge < -0.3 is 20.1 Å². The van der Waals surface area contributed by atoms with E-state index in [4.69, 9.17) is 4.74 Å². The fourth-order valence-corrected chi connectivity index (χ4v) is 3.63. The van der Waals surface area contributed by atoms with Crippen LogP contribution in [0.2, 0.25) is 0 Å². The summed E-state index contributed by atoms with van der Waals surface area (Å²) in [4.78, 5) is 38.7. The van der Waals surface area contributed by atoms with Crippen LogP contribution in [0.5, 0.6) is 0 Å². The minimum Gasteiger partial charge on any atom is -0.464 e. The Kier molecular flexibility index (Phi) is 9.97. The maximum Gasteiger partial charge on any atom is 0.306 e. The van der Waals surface area contributed by atoms with Gasteiger partial charge in [0.1, 0.15) is 6.61 Å². The number of hydrogen-bond donors (Lipinski definition) is 2. The summed E-state index contributed by atoms with van der Waals surface area (Å²) in [6.45, 7) is 7.78. The van der Waals surface area contributed by atoms with Crippen molar-refractivity contribution in [3.63, 3.8) is 0 Å². The molecule has 0 saturated heterocycles. The van der Waals surface area contributed by atoms with Gasteiger partial charge in [0, 0.05) is 19.4 Å². The normalized spacial score (nSPS) is 16.0. The first-order valence-electron chi connectivity index (χ1n) is 10.6. The molecule has 1 heterocycles. The molecule has 0 unspecified atom stereocenters. The molecule has 1 aromatic carbocycles. The Morgan fingerprint density at radius 1 is 1.23 bits per heavy atom. The van der Waals surface area contributed by atoms with Crippen LogP contribution < -0.4 is 5.32 Å². The molecule has 7 heteroatoms. The number of carbonyl (C=O) groups excluding carboxylic acids is 3. The molecule has 0 aliphatic carbocycles. The van der Waals surface area contributed by atoms with Crippen molar-refractivity contribution < 1.29 is 24.2 Å². The zero-order chi connectivity index (χ0) is 22.6. The highest BCUT2D eigenvalue weighted by Gasteiger charge is 2.31. The molecule has 0 radical (unpaired) electrons. The van der Waals surface area contributed by atoms with Gasteiger partial charge in [0.25, 0.3) is 0 Å². The van der Waals surface area contributed by atoms with Gasteiger partial charge in [-0.2, -0.15) is 0 Å². The molecule has 0 spiro atoms. The molecule has 7 nitrogen and oxygen atoms in total. The number of rotatable bonds is 12. The predicted molar refractivity (Wildman–Crippen MR) is 118 cm³/mol. The first-order valence-corrected chi connectivity index (χ1v) is 10.6. The van der Waals surface area contributed by atoms with E-state index in [-0.39, 0.29) is 56.4 Å². The molecule has 2 rings (SSSR count). The van der Waals surface area contributed by atoms with Crippen molar-refractivity contribution in [1.29, 1.82) is 0 Å². The smallest absolute Gasteiger partial charge is 0.306 e. The van der Waals surface area contributed by atoms with Crippen LogP contribution in [0.25, 0.3) is 0 Å². The maximum absolute atomic E-state index is 13.0. The average Bonchev–Trinajstić information content (AvgIpc) is 2.78. The summed E-state index contributed by atoms with van der Waals surface area (Å²) in [6, 6.07) is 7.57. The molecule has 2 atom stereocenters. The van der Waals surface area contributed by atoms with E-state index in [1.165, 1.54) is 0 Å². The van der Waals surface area contributed by atoms with Crippen molar-refractivity contribution in [2.75, 3.05) is 19.8 Å². The van der Waals surface area contributed by atoms with Crippen molar-refractivity contribution in [2.24, 2.45) is 5.92 Å². The van der Waals surface area contributed by atoms with E-state index >= 15 is 0 Å². The maximum atomic E-state index is 13.0. The third kappa shape index (κ3) is 7.36. The summed E-state index contributed by atoms with van der Waals surface area (Å²) in [5.41, 5.74) is 2.19. The molecule has 1 aliphatic rings. The lowest BCUT2D eigenvalue weighted by atomic mass is 9.92. The second-order valence-corrected chi connectivity index (χ2v) is 7.60. The number of nitrogens with one attached hydrogen (secondary N) is 1. The molecule has 1 aliphatic heterocycles. The highest BCUT2D eigenvalue weighted by molar-refractivity contribution is 5.86. The zero-order valence-corrected chi connectivity index (χ0v) is 17.9. The van der Waals surface area contributed by atoms with Crippen LogP contribution in [-0.2, 0) is 32.1 Å². The monoisotopic (exact) mass is 428 g/mol. The second kappa shape index (κ2) is 12.7. The lowest BCUT2D eigenvalue weighted by Gasteiger charge is -2.36. The van der Waals surface area contributed by atoms with Gasteiger partial charge in [-0.1, -0.05) is 36.4 Å². The Bertz CT molecular complexity index is 792. The molecular weight excluding hydrogens is 396 g/mol. The number of aliphatic hydroxyl groups is 1. The third-order valence-corrected chi connectivity index (χ3v) is 5.35. The largest absolute Gasteiger partial charge is 0.464 e. The van der Waals surface area contributed by atoms with Gasteiger partial charge in [-0.25, -0.2) is 0 Å². The van der Waals surface area contributed by atoms with Gasteiger partial charge >= 0.3 is 5.97 Å². The number of esters is 1. The number of aliphatic hydroxyl groups excluding tert-OH is 1. The molecule has 168 valence electrons. The highest BCUT2D eigenvalue weighted by Crippen LogP contribution is 2.25. The molecule has 0 fully saturated rings. The summed E-state index contributed by atoms with van der Waals surface area (Å²) in [6.07, 6.45) is 5.03. The van der Waals surface area contributed by atoms with E-state index in [9.17, 15) is 19.5 Å². The van der Waals surface area contributed by atoms with E-state index < -0.39 is 5.92 Å². The molecule has 1 aromatic rings. The SMILES string of the molecule is C=CCCC(=O)OCCNC(=O)[C@@H](CC=C)CC(=O)N1Cc2ccccc2C[C@H]1CO. The van der Waals surface area contributed by atoms with E-state index in [0.29, 0.717) is 25.8 Å². The number of nitrogens with zero attached hydrogens (tertiary/aromatic N) is 1. The van der Waals surface area contributed by atoms with Crippen molar-refractivity contribution in [2.45, 2.75) is 44.7 Å². The van der Waals surface area contributed by atoms with Crippen molar-refractivity contribution in [3.8, 4) is 0 Å². The fourth-order valence-electron chi connectivity index (χ4n) is 3.63. The number of hydrogen-bond acceptors (Lipinski definition) is 5. The minimum atomic E-state index is -0.571. The lowest BCUT2D eigenvalue weighted by Crippen LogP contribution is -2.47. The van der Waals surface area contributed by atoms with Crippen molar-refractivity contribution in [3.05, 3.63) is 60.7 Å². The van der Waals surface area contributed by atoms with Crippen molar-refractivity contribution in [1.82, 2.24) is 10.2 Å². The Hall–Kier alpha value is -2.93. The molecule has 0 bridgehead atoms. The third-order valence-electron chi connectivity index (χ3n) is 5.35. The Balaban J connectivity index is 1.90. The van der Waals surface area contributed by atoms with Crippen LogP contribution in [0.15, 0.2) is 49.6 Å². The summed E-state index contributed by atoms with van der Waals surface area (Å²) >= 11 is 0. The summed E-state index contributed by atoms with van der Waals surface area (Å²) < 4.78 is 5.05. The van der Waals surface area contributed by atoms with Gasteiger partial charge in [-0.3, -0.25) is 14.4 Å². The van der Waals surface area contributed by atoms with Crippen LogP contribution >= 0.6 is 0 Å². The van der Waals surface area contributed by atoms with Crippen LogP contribution in [0, 0.1) is 5.92 Å². The molecule has 31 heavy (non-hydrogen) atoms. The van der Waals surface area contributed by atoms with E-state index in [2.05, 4.69) is 18.5 Å². The van der Waals surface area contributed by atoms with Crippen LogP contribution in [0.3, 0.4) is 0 Å². The number of benzene rings is 1. The first-order chi connectivity index (χ1) is 15.0. The second-order valence-electron chi connectivity index (χ2n) is 7.60. The standard InChI is InChI=1S/C24H32N2O5/c1-3-5-11-23(29)31-13-12-25-24(30)19(8-4-2)15-22(28)26-16-20-10-7-6-9-18(20)14-21(26)17-27/h3-4,6-7,9-10,19,21,27H,1-2,5,8,11-17H2,(H,25,30)/t19-,21-/m0/s1. The first kappa shape index (κ1) is 24.3. The fraction of sp³-hybridized carbons (Fsp3) is 0.458. The number of carbonyl (C=O) groups is 3. The molecular formula is C24H32N2O5. The minimum absolute atomic E-state index is 0.0235. The Morgan fingerprint density at radius 3 is 2.65 bits per heavy atom.